The van der Waals surface area contributed by atoms with Gasteiger partial charge in [-0.1, -0.05) is 0 Å². The third-order valence-corrected chi connectivity index (χ3v) is 4.47. The van der Waals surface area contributed by atoms with Crippen molar-refractivity contribution >= 4 is 22.9 Å². The lowest BCUT2D eigenvalue weighted by Crippen LogP contribution is -2.28. The van der Waals surface area contributed by atoms with E-state index in [2.05, 4.69) is 19.8 Å². The van der Waals surface area contributed by atoms with Crippen LogP contribution in [0.5, 0.6) is 11.5 Å². The number of nitrogens with zero attached hydrogens (tertiary/aromatic N) is 2. The fraction of sp³-hybridized carbons (Fsp3) is 0.300. The molecular weight excluding hydrogens is 441 g/mol. The highest BCUT2D eigenvalue weighted by Crippen LogP contribution is 2.43. The van der Waals surface area contributed by atoms with Gasteiger partial charge in [0.1, 0.15) is 0 Å². The Hall–Kier alpha value is -3.41. The molecule has 0 atom stereocenters. The minimum atomic E-state index is -4.65. The number of aromatic nitrogens is 2. The molecule has 2 aromatic carbocycles. The highest BCUT2D eigenvalue weighted by atomic mass is 19.4. The SMILES string of the molecule is CC(C)(O)CC(=O)Nc1nc2ccc(C(F)(F)F)cc2n1-c1ccc2c(c1)OC(F)(F)O2. The molecule has 4 rings (SSSR count). The molecule has 0 saturated heterocycles. The topological polar surface area (TPSA) is 85.6 Å². The van der Waals surface area contributed by atoms with Crippen molar-refractivity contribution < 1.29 is 41.3 Å². The van der Waals surface area contributed by atoms with Gasteiger partial charge in [0.25, 0.3) is 0 Å². The summed E-state index contributed by atoms with van der Waals surface area (Å²) in [5.74, 6) is -1.42. The first kappa shape index (κ1) is 21.8. The highest BCUT2D eigenvalue weighted by Gasteiger charge is 2.43. The summed E-state index contributed by atoms with van der Waals surface area (Å²) in [6.07, 6.45) is -8.85. The Balaban J connectivity index is 1.85. The molecule has 2 N–H and O–H groups in total. The van der Waals surface area contributed by atoms with Crippen LogP contribution in [0, 0.1) is 0 Å². The number of hydrogen-bond donors (Lipinski definition) is 2. The van der Waals surface area contributed by atoms with E-state index in [1.807, 2.05) is 0 Å². The Morgan fingerprint density at radius 2 is 1.81 bits per heavy atom. The van der Waals surface area contributed by atoms with Gasteiger partial charge < -0.3 is 14.6 Å². The van der Waals surface area contributed by atoms with Crippen LogP contribution in [0.3, 0.4) is 0 Å². The van der Waals surface area contributed by atoms with Crippen LogP contribution < -0.4 is 14.8 Å². The number of ether oxygens (including phenoxy) is 2. The number of nitrogens with one attached hydrogen (secondary N) is 1. The molecule has 1 aliphatic rings. The summed E-state index contributed by atoms with van der Waals surface area (Å²) in [6, 6.07) is 6.38. The maximum Gasteiger partial charge on any atom is 0.586 e. The molecule has 3 aromatic rings. The lowest BCUT2D eigenvalue weighted by atomic mass is 10.1. The average Bonchev–Trinajstić information content (AvgIpc) is 3.12. The molecule has 2 heterocycles. The number of carbonyl (C=O) groups excluding carboxylic acids is 1. The van der Waals surface area contributed by atoms with Crippen molar-refractivity contribution in [1.82, 2.24) is 9.55 Å². The van der Waals surface area contributed by atoms with Gasteiger partial charge >= 0.3 is 12.5 Å². The number of halogens is 5. The van der Waals surface area contributed by atoms with Gasteiger partial charge in [-0.2, -0.15) is 13.2 Å². The molecule has 1 amide bonds. The largest absolute Gasteiger partial charge is 0.586 e. The monoisotopic (exact) mass is 457 g/mol. The fourth-order valence-corrected chi connectivity index (χ4v) is 3.24. The Kier molecular flexibility index (Phi) is 4.81. The molecule has 12 heteroatoms. The van der Waals surface area contributed by atoms with E-state index in [0.717, 1.165) is 34.9 Å². The predicted octanol–water partition coefficient (Wildman–Crippen LogP) is 4.47. The van der Waals surface area contributed by atoms with Crippen molar-refractivity contribution in [1.29, 1.82) is 0 Å². The van der Waals surface area contributed by atoms with Gasteiger partial charge in [-0.05, 0) is 44.2 Å². The Bertz CT molecular complexity index is 1210. The van der Waals surface area contributed by atoms with E-state index in [1.165, 1.54) is 19.9 Å². The molecule has 0 radical (unpaired) electrons. The second kappa shape index (κ2) is 7.05. The van der Waals surface area contributed by atoms with Gasteiger partial charge in [0, 0.05) is 6.07 Å². The summed E-state index contributed by atoms with van der Waals surface area (Å²) < 4.78 is 76.5. The molecule has 7 nitrogen and oxygen atoms in total. The number of amides is 1. The molecule has 32 heavy (non-hydrogen) atoms. The van der Waals surface area contributed by atoms with E-state index in [-0.39, 0.29) is 40.6 Å². The average molecular weight is 457 g/mol. The minimum absolute atomic E-state index is 0.0380. The van der Waals surface area contributed by atoms with Crippen LogP contribution in [-0.4, -0.2) is 32.5 Å². The number of anilines is 1. The highest BCUT2D eigenvalue weighted by molar-refractivity contribution is 5.93. The second-order valence-corrected chi connectivity index (χ2v) is 7.81. The zero-order valence-corrected chi connectivity index (χ0v) is 16.6. The molecule has 0 unspecified atom stereocenters. The lowest BCUT2D eigenvalue weighted by Gasteiger charge is -2.17. The van der Waals surface area contributed by atoms with E-state index >= 15 is 0 Å². The number of rotatable bonds is 4. The zero-order chi connectivity index (χ0) is 23.5. The maximum atomic E-state index is 13.4. The molecule has 1 aliphatic heterocycles. The first-order valence-electron chi connectivity index (χ1n) is 9.24. The van der Waals surface area contributed by atoms with Crippen molar-refractivity contribution in [3.63, 3.8) is 0 Å². The van der Waals surface area contributed by atoms with Gasteiger partial charge in [-0.15, -0.1) is 8.78 Å². The summed E-state index contributed by atoms with van der Waals surface area (Å²) in [5, 5.41) is 12.3. The van der Waals surface area contributed by atoms with Crippen LogP contribution in [-0.2, 0) is 11.0 Å². The normalized spacial score (nSPS) is 15.2. The van der Waals surface area contributed by atoms with E-state index in [0.29, 0.717) is 0 Å². The Morgan fingerprint density at radius 3 is 2.47 bits per heavy atom. The number of fused-ring (bicyclic) bond motifs is 2. The van der Waals surface area contributed by atoms with Crippen LogP contribution in [0.2, 0.25) is 0 Å². The van der Waals surface area contributed by atoms with Gasteiger partial charge in [0.15, 0.2) is 11.5 Å². The molecule has 170 valence electrons. The van der Waals surface area contributed by atoms with Gasteiger partial charge in [0.05, 0.1) is 34.3 Å². The predicted molar refractivity (Wildman–Crippen MR) is 102 cm³/mol. The van der Waals surface area contributed by atoms with E-state index in [9.17, 15) is 31.9 Å². The second-order valence-electron chi connectivity index (χ2n) is 7.81. The Labute approximate surface area is 177 Å². The van der Waals surface area contributed by atoms with E-state index in [4.69, 9.17) is 0 Å². The van der Waals surface area contributed by atoms with E-state index in [1.54, 1.807) is 0 Å². The van der Waals surface area contributed by atoms with Crippen molar-refractivity contribution in [2.24, 2.45) is 0 Å². The number of aliphatic hydroxyl groups is 1. The maximum absolute atomic E-state index is 13.4. The van der Waals surface area contributed by atoms with Crippen LogP contribution in [0.25, 0.3) is 16.7 Å². The Morgan fingerprint density at radius 1 is 1.12 bits per heavy atom. The summed E-state index contributed by atoms with van der Waals surface area (Å²) in [5.41, 5.74) is -2.16. The van der Waals surface area contributed by atoms with Crippen LogP contribution in [0.4, 0.5) is 27.9 Å². The number of hydrogen-bond acceptors (Lipinski definition) is 5. The molecule has 0 fully saturated rings. The first-order chi connectivity index (χ1) is 14.7. The minimum Gasteiger partial charge on any atom is -0.395 e. The van der Waals surface area contributed by atoms with Crippen LogP contribution in [0.1, 0.15) is 25.8 Å². The van der Waals surface area contributed by atoms with Crippen LogP contribution in [0.15, 0.2) is 36.4 Å². The molecule has 1 aromatic heterocycles. The number of imidazole rings is 1. The molecule has 0 spiro atoms. The number of alkyl halides is 5. The summed E-state index contributed by atoms with van der Waals surface area (Å²) in [7, 11) is 0. The van der Waals surface area contributed by atoms with Gasteiger partial charge in [0.2, 0.25) is 11.9 Å². The summed E-state index contributed by atoms with van der Waals surface area (Å²) >= 11 is 0. The molecule has 0 aliphatic carbocycles. The van der Waals surface area contributed by atoms with Gasteiger partial charge in [-0.25, -0.2) is 4.98 Å². The quantitative estimate of drug-likeness (QED) is 0.565. The van der Waals surface area contributed by atoms with Crippen LogP contribution >= 0.6 is 0 Å². The summed E-state index contributed by atoms with van der Waals surface area (Å²) in [6.45, 7) is 2.81. The number of carbonyl (C=O) groups is 1. The van der Waals surface area contributed by atoms with Gasteiger partial charge in [-0.3, -0.25) is 14.7 Å². The lowest BCUT2D eigenvalue weighted by molar-refractivity contribution is -0.286. The molecule has 0 saturated carbocycles. The van der Waals surface area contributed by atoms with Crippen molar-refractivity contribution in [3.05, 3.63) is 42.0 Å². The first-order valence-corrected chi connectivity index (χ1v) is 9.24. The molecular formula is C20H16F5N3O4. The smallest absolute Gasteiger partial charge is 0.395 e. The van der Waals surface area contributed by atoms with Crippen molar-refractivity contribution in [3.8, 4) is 17.2 Å². The molecule has 0 bridgehead atoms. The third-order valence-electron chi connectivity index (χ3n) is 4.47. The van der Waals surface area contributed by atoms with Crippen molar-refractivity contribution in [2.45, 2.75) is 38.3 Å². The summed E-state index contributed by atoms with van der Waals surface area (Å²) in [4.78, 5) is 16.5. The number of benzene rings is 2. The zero-order valence-electron chi connectivity index (χ0n) is 16.6. The van der Waals surface area contributed by atoms with Crippen molar-refractivity contribution in [2.75, 3.05) is 5.32 Å². The fourth-order valence-electron chi connectivity index (χ4n) is 3.24. The van der Waals surface area contributed by atoms with E-state index < -0.39 is 29.5 Å². The third kappa shape index (κ3) is 4.31. The standard InChI is InChI=1S/C20H16F5N3O4/c1-18(2,30)9-16(29)27-17-26-12-5-3-10(19(21,22)23)7-13(12)28(17)11-4-6-14-15(8-11)32-20(24,25)31-14/h3-8,30H,9H2,1-2H3,(H,26,27,29).